The van der Waals surface area contributed by atoms with E-state index in [0.717, 1.165) is 27.7 Å². The minimum absolute atomic E-state index is 0.156. The molecule has 0 unspecified atom stereocenters. The summed E-state index contributed by atoms with van der Waals surface area (Å²) in [5, 5.41) is 4.52. The predicted octanol–water partition coefficient (Wildman–Crippen LogP) is 4.69. The summed E-state index contributed by atoms with van der Waals surface area (Å²) in [5.41, 5.74) is 4.39. The summed E-state index contributed by atoms with van der Waals surface area (Å²) in [4.78, 5) is 15.5. The average molecular weight is 299 g/mol. The molecule has 3 aromatic rings. The SMILES string of the molecule is Cc1ccc(C)c(NC(=O)c2cc3cc(Cl)ccc3[nH]2)c1. The van der Waals surface area contributed by atoms with E-state index in [1.807, 2.05) is 50.2 Å². The molecule has 2 aromatic carbocycles. The Morgan fingerprint density at radius 2 is 1.90 bits per heavy atom. The molecule has 0 aliphatic carbocycles. The lowest BCUT2D eigenvalue weighted by atomic mass is 10.1. The first kappa shape index (κ1) is 13.7. The first-order valence-electron chi connectivity index (χ1n) is 6.70. The van der Waals surface area contributed by atoms with Crippen molar-refractivity contribution < 1.29 is 4.79 Å². The monoisotopic (exact) mass is 298 g/mol. The largest absolute Gasteiger partial charge is 0.351 e. The van der Waals surface area contributed by atoms with E-state index < -0.39 is 0 Å². The van der Waals surface area contributed by atoms with E-state index in [1.165, 1.54) is 0 Å². The highest BCUT2D eigenvalue weighted by Crippen LogP contribution is 2.22. The number of amides is 1. The number of fused-ring (bicyclic) bond motifs is 1. The molecular weight excluding hydrogens is 284 g/mol. The van der Waals surface area contributed by atoms with E-state index in [4.69, 9.17) is 11.6 Å². The fourth-order valence-electron chi connectivity index (χ4n) is 2.29. The van der Waals surface area contributed by atoms with E-state index in [9.17, 15) is 4.79 Å². The Balaban J connectivity index is 1.91. The van der Waals surface area contributed by atoms with Crippen LogP contribution in [0.5, 0.6) is 0 Å². The van der Waals surface area contributed by atoms with Crippen LogP contribution in [0.2, 0.25) is 5.02 Å². The summed E-state index contributed by atoms with van der Waals surface area (Å²) in [6.45, 7) is 3.97. The zero-order chi connectivity index (χ0) is 15.0. The maximum atomic E-state index is 12.4. The standard InChI is InChI=1S/C17H15ClN2O/c1-10-3-4-11(2)15(7-10)20-17(21)16-9-12-8-13(18)5-6-14(12)19-16/h3-9,19H,1-2H3,(H,20,21). The molecule has 3 nitrogen and oxygen atoms in total. The Morgan fingerprint density at radius 3 is 2.71 bits per heavy atom. The highest BCUT2D eigenvalue weighted by Gasteiger charge is 2.11. The Bertz CT molecular complexity index is 836. The molecule has 0 spiro atoms. The fraction of sp³-hybridized carbons (Fsp3) is 0.118. The first-order valence-corrected chi connectivity index (χ1v) is 7.07. The molecule has 0 saturated heterocycles. The van der Waals surface area contributed by atoms with Gasteiger partial charge >= 0.3 is 0 Å². The Hall–Kier alpha value is -2.26. The van der Waals surface area contributed by atoms with Gasteiger partial charge in [0.1, 0.15) is 5.69 Å². The summed E-state index contributed by atoms with van der Waals surface area (Å²) in [7, 11) is 0. The molecule has 1 heterocycles. The molecule has 0 fully saturated rings. The molecule has 0 aliphatic rings. The number of H-pyrrole nitrogens is 1. The number of aromatic nitrogens is 1. The van der Waals surface area contributed by atoms with E-state index >= 15 is 0 Å². The highest BCUT2D eigenvalue weighted by atomic mass is 35.5. The van der Waals surface area contributed by atoms with E-state index in [1.54, 1.807) is 6.07 Å². The van der Waals surface area contributed by atoms with Crippen molar-refractivity contribution in [1.29, 1.82) is 0 Å². The Kier molecular flexibility index (Phi) is 3.43. The van der Waals surface area contributed by atoms with Gasteiger partial charge in [0.25, 0.3) is 5.91 Å². The Morgan fingerprint density at radius 1 is 1.10 bits per heavy atom. The fourth-order valence-corrected chi connectivity index (χ4v) is 2.47. The molecule has 0 saturated carbocycles. The molecule has 1 amide bonds. The summed E-state index contributed by atoms with van der Waals surface area (Å²) < 4.78 is 0. The summed E-state index contributed by atoms with van der Waals surface area (Å²) in [6.07, 6.45) is 0. The number of rotatable bonds is 2. The first-order chi connectivity index (χ1) is 10.0. The summed E-state index contributed by atoms with van der Waals surface area (Å²) >= 11 is 5.96. The van der Waals surface area contributed by atoms with E-state index in [0.29, 0.717) is 10.7 Å². The molecular formula is C17H15ClN2O. The predicted molar refractivity (Wildman–Crippen MR) is 87.2 cm³/mol. The van der Waals surface area contributed by atoms with Gasteiger partial charge in [-0.3, -0.25) is 4.79 Å². The second kappa shape index (κ2) is 5.26. The molecule has 106 valence electrons. The van der Waals surface area contributed by atoms with Crippen LogP contribution in [0.25, 0.3) is 10.9 Å². The maximum absolute atomic E-state index is 12.4. The minimum atomic E-state index is -0.156. The zero-order valence-corrected chi connectivity index (χ0v) is 12.6. The minimum Gasteiger partial charge on any atom is -0.351 e. The number of carbonyl (C=O) groups is 1. The van der Waals surface area contributed by atoms with Crippen molar-refractivity contribution in [3.05, 3.63) is 64.3 Å². The van der Waals surface area contributed by atoms with Gasteiger partial charge in [-0.15, -0.1) is 0 Å². The number of nitrogens with one attached hydrogen (secondary N) is 2. The molecule has 0 bridgehead atoms. The number of halogens is 1. The topological polar surface area (TPSA) is 44.9 Å². The zero-order valence-electron chi connectivity index (χ0n) is 11.8. The molecule has 21 heavy (non-hydrogen) atoms. The summed E-state index contributed by atoms with van der Waals surface area (Å²) in [6, 6.07) is 13.3. The van der Waals surface area contributed by atoms with Crippen LogP contribution in [0.15, 0.2) is 42.5 Å². The third-order valence-electron chi connectivity index (χ3n) is 3.47. The quantitative estimate of drug-likeness (QED) is 0.708. The number of aromatic amines is 1. The molecule has 1 aromatic heterocycles. The molecule has 0 radical (unpaired) electrons. The van der Waals surface area contributed by atoms with Gasteiger partial charge in [-0.1, -0.05) is 23.7 Å². The van der Waals surface area contributed by atoms with Gasteiger partial charge in [0.15, 0.2) is 0 Å². The number of anilines is 1. The van der Waals surface area contributed by atoms with Gasteiger partial charge in [-0.2, -0.15) is 0 Å². The van der Waals surface area contributed by atoms with Crippen LogP contribution in [-0.2, 0) is 0 Å². The second-order valence-corrected chi connectivity index (χ2v) is 5.62. The normalized spacial score (nSPS) is 10.8. The molecule has 3 rings (SSSR count). The number of benzene rings is 2. The van der Waals surface area contributed by atoms with Gasteiger partial charge in [0.05, 0.1) is 0 Å². The number of aryl methyl sites for hydroxylation is 2. The van der Waals surface area contributed by atoms with Crippen LogP contribution in [0, 0.1) is 13.8 Å². The van der Waals surface area contributed by atoms with Crippen LogP contribution in [0.4, 0.5) is 5.69 Å². The van der Waals surface area contributed by atoms with Crippen molar-refractivity contribution in [3.63, 3.8) is 0 Å². The Labute approximate surface area is 127 Å². The lowest BCUT2D eigenvalue weighted by Crippen LogP contribution is -2.13. The maximum Gasteiger partial charge on any atom is 0.272 e. The number of hydrogen-bond acceptors (Lipinski definition) is 1. The van der Waals surface area contributed by atoms with Crippen molar-refractivity contribution in [2.24, 2.45) is 0 Å². The van der Waals surface area contributed by atoms with Crippen LogP contribution >= 0.6 is 11.6 Å². The third kappa shape index (κ3) is 2.78. The molecule has 2 N–H and O–H groups in total. The van der Waals surface area contributed by atoms with Crippen LogP contribution in [-0.4, -0.2) is 10.9 Å². The molecule has 0 atom stereocenters. The average Bonchev–Trinajstić information content (AvgIpc) is 2.86. The lowest BCUT2D eigenvalue weighted by Gasteiger charge is -2.08. The van der Waals surface area contributed by atoms with Crippen molar-refractivity contribution >= 4 is 34.1 Å². The summed E-state index contributed by atoms with van der Waals surface area (Å²) in [5.74, 6) is -0.156. The van der Waals surface area contributed by atoms with Gasteiger partial charge < -0.3 is 10.3 Å². The van der Waals surface area contributed by atoms with Gasteiger partial charge in [-0.25, -0.2) is 0 Å². The van der Waals surface area contributed by atoms with Crippen LogP contribution in [0.1, 0.15) is 21.6 Å². The number of hydrogen-bond donors (Lipinski definition) is 2. The van der Waals surface area contributed by atoms with Crippen molar-refractivity contribution in [3.8, 4) is 0 Å². The third-order valence-corrected chi connectivity index (χ3v) is 3.70. The van der Waals surface area contributed by atoms with E-state index in [-0.39, 0.29) is 5.91 Å². The van der Waals surface area contributed by atoms with Gasteiger partial charge in [0.2, 0.25) is 0 Å². The molecule has 4 heteroatoms. The van der Waals surface area contributed by atoms with Crippen molar-refractivity contribution in [2.75, 3.05) is 5.32 Å². The van der Waals surface area contributed by atoms with Crippen LogP contribution < -0.4 is 5.32 Å². The molecule has 0 aliphatic heterocycles. The smallest absolute Gasteiger partial charge is 0.272 e. The van der Waals surface area contributed by atoms with Gasteiger partial charge in [0, 0.05) is 21.6 Å². The van der Waals surface area contributed by atoms with Crippen molar-refractivity contribution in [2.45, 2.75) is 13.8 Å². The van der Waals surface area contributed by atoms with E-state index in [2.05, 4.69) is 10.3 Å². The van der Waals surface area contributed by atoms with Crippen molar-refractivity contribution in [1.82, 2.24) is 4.98 Å². The second-order valence-electron chi connectivity index (χ2n) is 5.19. The van der Waals surface area contributed by atoms with Crippen LogP contribution in [0.3, 0.4) is 0 Å². The highest BCUT2D eigenvalue weighted by molar-refractivity contribution is 6.31. The number of carbonyl (C=O) groups excluding carboxylic acids is 1. The van der Waals surface area contributed by atoms with Gasteiger partial charge in [-0.05, 0) is 55.3 Å². The lowest BCUT2D eigenvalue weighted by molar-refractivity contribution is 0.102.